The van der Waals surface area contributed by atoms with Crippen LogP contribution in [-0.4, -0.2) is 34.5 Å². The van der Waals surface area contributed by atoms with Crippen LogP contribution in [0.1, 0.15) is 34.6 Å². The van der Waals surface area contributed by atoms with Gasteiger partial charge in [0.15, 0.2) is 0 Å². The lowest BCUT2D eigenvalue weighted by atomic mass is 9.92. The minimum atomic E-state index is -0.894. The van der Waals surface area contributed by atoms with E-state index in [0.717, 1.165) is 0 Å². The van der Waals surface area contributed by atoms with E-state index >= 15 is 0 Å². The maximum Gasteiger partial charge on any atom is 0.326 e. The van der Waals surface area contributed by atoms with Crippen molar-refractivity contribution in [3.05, 3.63) is 0 Å². The van der Waals surface area contributed by atoms with Gasteiger partial charge in [0.25, 0.3) is 0 Å². The average Bonchev–Trinajstić information content (AvgIpc) is 2.40. The molecule has 0 aromatic rings. The molecule has 0 aromatic heterocycles. The van der Waals surface area contributed by atoms with Crippen molar-refractivity contribution >= 4 is 11.9 Å². The van der Waals surface area contributed by atoms with Gasteiger partial charge >= 0.3 is 5.97 Å². The fourth-order valence-corrected chi connectivity index (χ4v) is 2.18. The van der Waals surface area contributed by atoms with Crippen molar-refractivity contribution in [1.29, 1.82) is 0 Å². The summed E-state index contributed by atoms with van der Waals surface area (Å²) in [5.74, 6) is -0.707. The van der Waals surface area contributed by atoms with Gasteiger partial charge < -0.3 is 10.0 Å². The van der Waals surface area contributed by atoms with E-state index in [4.69, 9.17) is 0 Å². The molecule has 1 saturated heterocycles. The zero-order chi connectivity index (χ0) is 12.7. The van der Waals surface area contributed by atoms with Crippen molar-refractivity contribution in [2.45, 2.75) is 40.7 Å². The lowest BCUT2D eigenvalue weighted by Crippen LogP contribution is -2.47. The molecule has 0 aliphatic carbocycles. The van der Waals surface area contributed by atoms with Gasteiger partial charge in [-0.25, -0.2) is 4.79 Å². The second-order valence-corrected chi connectivity index (χ2v) is 5.83. The molecule has 4 nitrogen and oxygen atoms in total. The number of likely N-dealkylation sites (tertiary alicyclic amines) is 1. The molecule has 0 unspecified atom stereocenters. The SMILES string of the molecule is C[C@@H]1[C@H](C)CN(C(=O)C(C)(C)C)[C@@H]1C(=O)O. The number of carbonyl (C=O) groups is 2. The van der Waals surface area contributed by atoms with E-state index in [2.05, 4.69) is 0 Å². The predicted octanol–water partition coefficient (Wildman–Crippen LogP) is 1.60. The molecule has 3 atom stereocenters. The third-order valence-electron chi connectivity index (χ3n) is 3.37. The number of amides is 1. The highest BCUT2D eigenvalue weighted by molar-refractivity contribution is 5.87. The summed E-state index contributed by atoms with van der Waals surface area (Å²) in [4.78, 5) is 24.9. The molecule has 0 saturated carbocycles. The zero-order valence-electron chi connectivity index (χ0n) is 10.7. The van der Waals surface area contributed by atoms with Gasteiger partial charge in [-0.1, -0.05) is 34.6 Å². The van der Waals surface area contributed by atoms with Crippen molar-refractivity contribution in [2.24, 2.45) is 17.3 Å². The highest BCUT2D eigenvalue weighted by Gasteiger charge is 2.45. The lowest BCUT2D eigenvalue weighted by Gasteiger charge is -2.29. The van der Waals surface area contributed by atoms with Crippen LogP contribution in [0.25, 0.3) is 0 Å². The first-order chi connectivity index (χ1) is 7.16. The molecule has 0 radical (unpaired) electrons. The number of rotatable bonds is 1. The highest BCUT2D eigenvalue weighted by atomic mass is 16.4. The van der Waals surface area contributed by atoms with Gasteiger partial charge in [-0.2, -0.15) is 0 Å². The summed E-state index contributed by atoms with van der Waals surface area (Å²) in [5.41, 5.74) is -0.516. The highest BCUT2D eigenvalue weighted by Crippen LogP contribution is 2.32. The Labute approximate surface area is 96.6 Å². The third-order valence-corrected chi connectivity index (χ3v) is 3.37. The number of hydrogen-bond donors (Lipinski definition) is 1. The van der Waals surface area contributed by atoms with E-state index in [1.54, 1.807) is 0 Å². The van der Waals surface area contributed by atoms with Gasteiger partial charge in [0.1, 0.15) is 6.04 Å². The first kappa shape index (κ1) is 13.0. The Morgan fingerprint density at radius 2 is 1.75 bits per heavy atom. The van der Waals surface area contributed by atoms with Crippen LogP contribution in [0.2, 0.25) is 0 Å². The Balaban J connectivity index is 2.96. The Kier molecular flexibility index (Phi) is 3.31. The molecule has 1 rings (SSSR count). The molecule has 1 aliphatic heterocycles. The predicted molar refractivity (Wildman–Crippen MR) is 60.9 cm³/mol. The Morgan fingerprint density at radius 1 is 1.25 bits per heavy atom. The second-order valence-electron chi connectivity index (χ2n) is 5.83. The van der Waals surface area contributed by atoms with Crippen LogP contribution in [0, 0.1) is 17.3 Å². The van der Waals surface area contributed by atoms with Crippen LogP contribution in [0.4, 0.5) is 0 Å². The minimum absolute atomic E-state index is 0.0174. The van der Waals surface area contributed by atoms with Crippen LogP contribution < -0.4 is 0 Å². The molecule has 1 amide bonds. The quantitative estimate of drug-likeness (QED) is 0.740. The molecule has 0 spiro atoms. The van der Waals surface area contributed by atoms with Gasteiger partial charge in [-0.3, -0.25) is 4.79 Å². The third kappa shape index (κ3) is 2.20. The fourth-order valence-electron chi connectivity index (χ4n) is 2.18. The second kappa shape index (κ2) is 4.07. The standard InChI is InChI=1S/C12H21NO3/c1-7-6-13(11(16)12(3,4)5)9(8(7)2)10(14)15/h7-9H,6H2,1-5H3,(H,14,15)/t7-,8-,9+/m1/s1. The van der Waals surface area contributed by atoms with E-state index in [1.807, 2.05) is 34.6 Å². The number of carbonyl (C=O) groups excluding carboxylic acids is 1. The van der Waals surface area contributed by atoms with Crippen molar-refractivity contribution in [1.82, 2.24) is 4.90 Å². The molecule has 0 aromatic carbocycles. The topological polar surface area (TPSA) is 57.6 Å². The molecule has 4 heteroatoms. The number of hydrogen-bond acceptors (Lipinski definition) is 2. The first-order valence-electron chi connectivity index (χ1n) is 5.70. The van der Waals surface area contributed by atoms with E-state index in [9.17, 15) is 14.7 Å². The smallest absolute Gasteiger partial charge is 0.326 e. The van der Waals surface area contributed by atoms with Crippen molar-refractivity contribution in [2.75, 3.05) is 6.54 Å². The van der Waals surface area contributed by atoms with Crippen molar-refractivity contribution in [3.8, 4) is 0 Å². The van der Waals surface area contributed by atoms with Crippen LogP contribution in [0.3, 0.4) is 0 Å². The number of nitrogens with zero attached hydrogens (tertiary/aromatic N) is 1. The van der Waals surface area contributed by atoms with E-state index < -0.39 is 17.4 Å². The number of carboxylic acid groups (broad SMARTS) is 1. The first-order valence-corrected chi connectivity index (χ1v) is 5.70. The summed E-state index contributed by atoms with van der Waals surface area (Å²) in [5, 5.41) is 9.19. The van der Waals surface area contributed by atoms with E-state index in [0.29, 0.717) is 6.54 Å². The monoisotopic (exact) mass is 227 g/mol. The lowest BCUT2D eigenvalue weighted by molar-refractivity contribution is -0.152. The van der Waals surface area contributed by atoms with Gasteiger partial charge in [-0.05, 0) is 11.8 Å². The average molecular weight is 227 g/mol. The largest absolute Gasteiger partial charge is 0.480 e. The maximum absolute atomic E-state index is 12.1. The molecule has 1 N–H and O–H groups in total. The summed E-state index contributed by atoms with van der Waals surface area (Å²) < 4.78 is 0. The zero-order valence-corrected chi connectivity index (χ0v) is 10.7. The van der Waals surface area contributed by atoms with Crippen LogP contribution in [-0.2, 0) is 9.59 Å². The number of aliphatic carboxylic acids is 1. The summed E-state index contributed by atoms with van der Waals surface area (Å²) in [6, 6.07) is -0.665. The minimum Gasteiger partial charge on any atom is -0.480 e. The van der Waals surface area contributed by atoms with Crippen LogP contribution >= 0.6 is 0 Å². The van der Waals surface area contributed by atoms with Crippen molar-refractivity contribution < 1.29 is 14.7 Å². The number of carboxylic acids is 1. The Bertz CT molecular complexity index is 306. The van der Waals surface area contributed by atoms with E-state index in [1.165, 1.54) is 4.90 Å². The van der Waals surface area contributed by atoms with Crippen molar-refractivity contribution in [3.63, 3.8) is 0 Å². The van der Waals surface area contributed by atoms with Gasteiger partial charge in [0.05, 0.1) is 0 Å². The van der Waals surface area contributed by atoms with Gasteiger partial charge in [0, 0.05) is 12.0 Å². The molecule has 1 fully saturated rings. The van der Waals surface area contributed by atoms with E-state index in [-0.39, 0.29) is 17.7 Å². The molecule has 16 heavy (non-hydrogen) atoms. The molecule has 92 valence electrons. The molecular weight excluding hydrogens is 206 g/mol. The Hall–Kier alpha value is -1.06. The summed E-state index contributed by atoms with van der Waals surface area (Å²) in [6.45, 7) is 9.91. The normalized spacial score (nSPS) is 30.6. The fraction of sp³-hybridized carbons (Fsp3) is 0.833. The molecule has 1 heterocycles. The molecular formula is C12H21NO3. The molecule has 1 aliphatic rings. The summed E-state index contributed by atoms with van der Waals surface area (Å²) in [6.07, 6.45) is 0. The molecule has 0 bridgehead atoms. The summed E-state index contributed by atoms with van der Waals surface area (Å²) in [7, 11) is 0. The van der Waals surface area contributed by atoms with Gasteiger partial charge in [-0.15, -0.1) is 0 Å². The Morgan fingerprint density at radius 3 is 2.12 bits per heavy atom. The summed E-state index contributed by atoms with van der Waals surface area (Å²) >= 11 is 0. The maximum atomic E-state index is 12.1. The van der Waals surface area contributed by atoms with Crippen LogP contribution in [0.15, 0.2) is 0 Å². The van der Waals surface area contributed by atoms with Crippen LogP contribution in [0.5, 0.6) is 0 Å². The van der Waals surface area contributed by atoms with Gasteiger partial charge in [0.2, 0.25) is 5.91 Å².